The summed E-state index contributed by atoms with van der Waals surface area (Å²) in [6.07, 6.45) is 5.65. The van der Waals surface area contributed by atoms with E-state index >= 15 is 0 Å². The summed E-state index contributed by atoms with van der Waals surface area (Å²) in [5.74, 6) is 0.384. The van der Waals surface area contributed by atoms with Gasteiger partial charge in [0.1, 0.15) is 0 Å². The molecule has 0 unspecified atom stereocenters. The summed E-state index contributed by atoms with van der Waals surface area (Å²) >= 11 is 1.47. The highest BCUT2D eigenvalue weighted by Crippen LogP contribution is 2.17. The predicted octanol–water partition coefficient (Wildman–Crippen LogP) is 1.70. The van der Waals surface area contributed by atoms with Crippen molar-refractivity contribution in [2.75, 3.05) is 11.9 Å². The number of aliphatic hydroxyl groups excluding tert-OH is 1. The number of thiazole rings is 1. The highest BCUT2D eigenvalue weighted by molar-refractivity contribution is 7.16. The molecule has 120 valence electrons. The van der Waals surface area contributed by atoms with Gasteiger partial charge in [-0.25, -0.2) is 15.0 Å². The minimum atomic E-state index is -0.154. The average Bonchev–Trinajstić information content (AvgIpc) is 2.94. The van der Waals surface area contributed by atoms with Gasteiger partial charge in [0.25, 0.3) is 5.56 Å². The number of aliphatic hydroxyl groups is 1. The number of aryl methyl sites for hydroxylation is 1. The van der Waals surface area contributed by atoms with Gasteiger partial charge in [-0.15, -0.1) is 11.3 Å². The van der Waals surface area contributed by atoms with Crippen molar-refractivity contribution in [3.05, 3.63) is 39.9 Å². The maximum atomic E-state index is 12.6. The van der Waals surface area contributed by atoms with Crippen LogP contribution in [0.25, 0.3) is 16.2 Å². The van der Waals surface area contributed by atoms with Crippen molar-refractivity contribution in [1.29, 1.82) is 0 Å². The molecular formula is C15H17N5O2S. The van der Waals surface area contributed by atoms with E-state index in [4.69, 9.17) is 0 Å². The Bertz CT molecular complexity index is 885. The van der Waals surface area contributed by atoms with Crippen molar-refractivity contribution in [3.63, 3.8) is 0 Å². The van der Waals surface area contributed by atoms with Gasteiger partial charge in [-0.1, -0.05) is 6.92 Å². The second-order valence-electron chi connectivity index (χ2n) is 5.17. The molecule has 0 saturated carbocycles. The maximum Gasteiger partial charge on any atom is 0.267 e. The Morgan fingerprint density at radius 2 is 2.26 bits per heavy atom. The number of fused-ring (bicyclic) bond motifs is 1. The molecule has 0 aliphatic carbocycles. The van der Waals surface area contributed by atoms with Crippen LogP contribution in [0.4, 0.5) is 5.95 Å². The van der Waals surface area contributed by atoms with Crippen LogP contribution < -0.4 is 10.9 Å². The molecule has 8 heteroatoms. The second kappa shape index (κ2) is 6.43. The van der Waals surface area contributed by atoms with Gasteiger partial charge in [0, 0.05) is 23.5 Å². The standard InChI is InChI=1S/C15H17N5O2S/c1-3-10(8-21)18-14-16-5-4-12(19-14)11-6-17-15-20(13(11)22)7-9(2)23-15/h4-7,10,21H,3,8H2,1-2H3,(H,16,18,19)/t10-/m0/s1. The van der Waals surface area contributed by atoms with Gasteiger partial charge in [-0.3, -0.25) is 9.20 Å². The molecule has 0 aliphatic rings. The lowest BCUT2D eigenvalue weighted by molar-refractivity contribution is 0.271. The number of hydrogen-bond donors (Lipinski definition) is 2. The number of rotatable bonds is 5. The molecule has 0 radical (unpaired) electrons. The van der Waals surface area contributed by atoms with Gasteiger partial charge in [-0.2, -0.15) is 0 Å². The average molecular weight is 331 g/mol. The Labute approximate surface area is 136 Å². The van der Waals surface area contributed by atoms with E-state index in [0.717, 1.165) is 11.3 Å². The Morgan fingerprint density at radius 3 is 3.00 bits per heavy atom. The lowest BCUT2D eigenvalue weighted by Gasteiger charge is -2.14. The molecule has 0 aromatic carbocycles. The monoisotopic (exact) mass is 331 g/mol. The Balaban J connectivity index is 2.02. The van der Waals surface area contributed by atoms with Crippen molar-refractivity contribution >= 4 is 22.2 Å². The summed E-state index contributed by atoms with van der Waals surface area (Å²) in [6.45, 7) is 3.89. The first-order valence-corrected chi connectivity index (χ1v) is 8.12. The molecule has 0 fully saturated rings. The van der Waals surface area contributed by atoms with Crippen molar-refractivity contribution in [2.24, 2.45) is 0 Å². The van der Waals surface area contributed by atoms with E-state index in [1.54, 1.807) is 24.7 Å². The van der Waals surface area contributed by atoms with Crippen LogP contribution in [0.15, 0.2) is 29.5 Å². The van der Waals surface area contributed by atoms with Crippen LogP contribution in [0.2, 0.25) is 0 Å². The number of aromatic nitrogens is 4. The molecule has 0 bridgehead atoms. The van der Waals surface area contributed by atoms with E-state index in [1.807, 2.05) is 13.8 Å². The number of nitrogens with zero attached hydrogens (tertiary/aromatic N) is 4. The van der Waals surface area contributed by atoms with Crippen LogP contribution in [-0.4, -0.2) is 37.1 Å². The summed E-state index contributed by atoms with van der Waals surface area (Å²) < 4.78 is 1.53. The number of nitrogens with one attached hydrogen (secondary N) is 1. The van der Waals surface area contributed by atoms with Crippen molar-refractivity contribution in [3.8, 4) is 11.3 Å². The first kappa shape index (κ1) is 15.6. The van der Waals surface area contributed by atoms with E-state index in [-0.39, 0.29) is 18.2 Å². The molecule has 0 spiro atoms. The third-order valence-corrected chi connectivity index (χ3v) is 4.41. The molecule has 0 aliphatic heterocycles. The van der Waals surface area contributed by atoms with Gasteiger partial charge >= 0.3 is 0 Å². The fourth-order valence-corrected chi connectivity index (χ4v) is 2.99. The molecule has 0 amide bonds. The van der Waals surface area contributed by atoms with Crippen LogP contribution in [-0.2, 0) is 0 Å². The van der Waals surface area contributed by atoms with Crippen LogP contribution >= 0.6 is 11.3 Å². The molecule has 3 heterocycles. The van der Waals surface area contributed by atoms with Gasteiger partial charge in [0.2, 0.25) is 5.95 Å². The summed E-state index contributed by atoms with van der Waals surface area (Å²) in [6, 6.07) is 1.56. The first-order valence-electron chi connectivity index (χ1n) is 7.31. The second-order valence-corrected chi connectivity index (χ2v) is 6.38. The minimum Gasteiger partial charge on any atom is -0.394 e. The first-order chi connectivity index (χ1) is 11.1. The molecule has 1 atom stereocenters. The quantitative estimate of drug-likeness (QED) is 0.739. The SMILES string of the molecule is CC[C@@H](CO)Nc1nccc(-c2cnc3sc(C)cn3c2=O)n1. The molecule has 23 heavy (non-hydrogen) atoms. The van der Waals surface area contributed by atoms with E-state index in [1.165, 1.54) is 15.7 Å². The lowest BCUT2D eigenvalue weighted by Crippen LogP contribution is -2.24. The van der Waals surface area contributed by atoms with Crippen LogP contribution in [0.1, 0.15) is 18.2 Å². The van der Waals surface area contributed by atoms with Gasteiger partial charge in [0.15, 0.2) is 4.96 Å². The van der Waals surface area contributed by atoms with E-state index in [0.29, 0.717) is 22.2 Å². The van der Waals surface area contributed by atoms with Crippen molar-refractivity contribution < 1.29 is 5.11 Å². The smallest absolute Gasteiger partial charge is 0.267 e. The highest BCUT2D eigenvalue weighted by Gasteiger charge is 2.12. The van der Waals surface area contributed by atoms with Crippen LogP contribution in [0, 0.1) is 6.92 Å². The van der Waals surface area contributed by atoms with Crippen LogP contribution in [0.5, 0.6) is 0 Å². The Morgan fingerprint density at radius 1 is 1.43 bits per heavy atom. The molecule has 3 rings (SSSR count). The molecule has 3 aromatic rings. The zero-order chi connectivity index (χ0) is 16.4. The van der Waals surface area contributed by atoms with E-state index in [9.17, 15) is 9.90 Å². The fourth-order valence-electron chi connectivity index (χ4n) is 2.21. The van der Waals surface area contributed by atoms with Crippen molar-refractivity contribution in [2.45, 2.75) is 26.3 Å². The zero-order valence-corrected chi connectivity index (χ0v) is 13.7. The Kier molecular flexibility index (Phi) is 4.35. The maximum absolute atomic E-state index is 12.6. The summed E-state index contributed by atoms with van der Waals surface area (Å²) in [5.41, 5.74) is 0.770. The Hall–Kier alpha value is -2.32. The predicted molar refractivity (Wildman–Crippen MR) is 89.9 cm³/mol. The highest BCUT2D eigenvalue weighted by atomic mass is 32.1. The summed E-state index contributed by atoms with van der Waals surface area (Å²) in [7, 11) is 0. The molecule has 2 N–H and O–H groups in total. The van der Waals surface area contributed by atoms with Crippen LogP contribution in [0.3, 0.4) is 0 Å². The van der Waals surface area contributed by atoms with E-state index in [2.05, 4.69) is 20.3 Å². The molecule has 7 nitrogen and oxygen atoms in total. The topological polar surface area (TPSA) is 92.4 Å². The summed E-state index contributed by atoms with van der Waals surface area (Å²) in [4.78, 5) is 27.1. The van der Waals surface area contributed by atoms with Gasteiger partial charge in [-0.05, 0) is 19.4 Å². The normalized spacial score (nSPS) is 12.5. The lowest BCUT2D eigenvalue weighted by atomic mass is 10.2. The molecule has 3 aromatic heterocycles. The molecular weight excluding hydrogens is 314 g/mol. The van der Waals surface area contributed by atoms with Gasteiger partial charge in [0.05, 0.1) is 23.9 Å². The fraction of sp³-hybridized carbons (Fsp3) is 0.333. The van der Waals surface area contributed by atoms with Crippen molar-refractivity contribution in [1.82, 2.24) is 19.4 Å². The van der Waals surface area contributed by atoms with E-state index < -0.39 is 0 Å². The largest absolute Gasteiger partial charge is 0.394 e. The third kappa shape index (κ3) is 3.08. The number of hydrogen-bond acceptors (Lipinski definition) is 7. The minimum absolute atomic E-state index is 0.00552. The molecule has 0 saturated heterocycles. The summed E-state index contributed by atoms with van der Waals surface area (Å²) in [5, 5.41) is 12.3. The third-order valence-electron chi connectivity index (χ3n) is 3.50. The van der Waals surface area contributed by atoms with Gasteiger partial charge < -0.3 is 10.4 Å². The number of anilines is 1. The zero-order valence-electron chi connectivity index (χ0n) is 12.9.